The third kappa shape index (κ3) is 4.36. The molecule has 0 radical (unpaired) electrons. The first-order valence-electron chi connectivity index (χ1n) is 6.54. The molecule has 0 aromatic heterocycles. The molecular formula is C13H23NO3. The standard InChI is InChI=1S/C13H23NO3/c1-3-4-10-6-5-9(2)7-11(10)13(17)14-8-12(15)16/h9-11H,3-8H2,1-2H3,(H,14,17)(H,15,16). The lowest BCUT2D eigenvalue weighted by Crippen LogP contribution is -2.40. The second-order valence-corrected chi connectivity index (χ2v) is 5.19. The molecule has 0 bridgehead atoms. The molecule has 1 saturated carbocycles. The first-order chi connectivity index (χ1) is 8.04. The average Bonchev–Trinajstić information content (AvgIpc) is 2.28. The maximum atomic E-state index is 12.0. The zero-order valence-electron chi connectivity index (χ0n) is 10.7. The van der Waals surface area contributed by atoms with Crippen LogP contribution in [0.2, 0.25) is 0 Å². The molecule has 3 unspecified atom stereocenters. The first kappa shape index (κ1) is 14.0. The van der Waals surface area contributed by atoms with Gasteiger partial charge in [0.2, 0.25) is 5.91 Å². The topological polar surface area (TPSA) is 66.4 Å². The molecule has 98 valence electrons. The fraction of sp³-hybridized carbons (Fsp3) is 0.846. The number of carboxylic acid groups (broad SMARTS) is 1. The molecule has 1 fully saturated rings. The molecule has 0 aliphatic heterocycles. The van der Waals surface area contributed by atoms with Crippen LogP contribution in [0.25, 0.3) is 0 Å². The Kier molecular flexibility index (Phi) is 5.45. The third-order valence-corrected chi connectivity index (χ3v) is 3.67. The van der Waals surface area contributed by atoms with E-state index in [9.17, 15) is 9.59 Å². The maximum Gasteiger partial charge on any atom is 0.322 e. The highest BCUT2D eigenvalue weighted by Crippen LogP contribution is 2.36. The van der Waals surface area contributed by atoms with Crippen LogP contribution in [-0.2, 0) is 9.59 Å². The van der Waals surface area contributed by atoms with Crippen molar-refractivity contribution >= 4 is 11.9 Å². The van der Waals surface area contributed by atoms with Crippen LogP contribution in [0.5, 0.6) is 0 Å². The summed E-state index contributed by atoms with van der Waals surface area (Å²) in [6.07, 6.45) is 5.34. The van der Waals surface area contributed by atoms with E-state index < -0.39 is 5.97 Å². The monoisotopic (exact) mass is 241 g/mol. The fourth-order valence-electron chi connectivity index (χ4n) is 2.77. The normalized spacial score (nSPS) is 28.7. The second-order valence-electron chi connectivity index (χ2n) is 5.19. The van der Waals surface area contributed by atoms with Crippen LogP contribution in [0.3, 0.4) is 0 Å². The lowest BCUT2D eigenvalue weighted by molar-refractivity contribution is -0.139. The van der Waals surface area contributed by atoms with E-state index in [1.54, 1.807) is 0 Å². The Morgan fingerprint density at radius 3 is 2.65 bits per heavy atom. The molecule has 17 heavy (non-hydrogen) atoms. The number of carboxylic acids is 1. The zero-order valence-corrected chi connectivity index (χ0v) is 10.7. The largest absolute Gasteiger partial charge is 0.480 e. The predicted molar refractivity (Wildman–Crippen MR) is 65.5 cm³/mol. The summed E-state index contributed by atoms with van der Waals surface area (Å²) in [6, 6.07) is 0. The van der Waals surface area contributed by atoms with Crippen LogP contribution in [0.15, 0.2) is 0 Å². The number of carbonyl (C=O) groups is 2. The van der Waals surface area contributed by atoms with Crippen molar-refractivity contribution in [2.24, 2.45) is 17.8 Å². The summed E-state index contributed by atoms with van der Waals surface area (Å²) in [5.74, 6) is -0.0293. The van der Waals surface area contributed by atoms with Crippen LogP contribution in [0.4, 0.5) is 0 Å². The van der Waals surface area contributed by atoms with Gasteiger partial charge in [-0.15, -0.1) is 0 Å². The van der Waals surface area contributed by atoms with Gasteiger partial charge in [-0.05, 0) is 31.1 Å². The van der Waals surface area contributed by atoms with Gasteiger partial charge in [0.05, 0.1) is 0 Å². The highest BCUT2D eigenvalue weighted by molar-refractivity contribution is 5.83. The fourth-order valence-corrected chi connectivity index (χ4v) is 2.77. The summed E-state index contributed by atoms with van der Waals surface area (Å²) in [4.78, 5) is 22.4. The van der Waals surface area contributed by atoms with Crippen LogP contribution in [-0.4, -0.2) is 23.5 Å². The molecule has 1 amide bonds. The van der Waals surface area contributed by atoms with Crippen molar-refractivity contribution in [3.8, 4) is 0 Å². The van der Waals surface area contributed by atoms with Crippen molar-refractivity contribution in [3.63, 3.8) is 0 Å². The summed E-state index contributed by atoms with van der Waals surface area (Å²) in [5.41, 5.74) is 0. The Morgan fingerprint density at radius 2 is 2.06 bits per heavy atom. The molecule has 0 aromatic rings. The molecule has 0 saturated heterocycles. The molecule has 4 heteroatoms. The smallest absolute Gasteiger partial charge is 0.322 e. The minimum absolute atomic E-state index is 0.0121. The van der Waals surface area contributed by atoms with Crippen molar-refractivity contribution in [3.05, 3.63) is 0 Å². The predicted octanol–water partition coefficient (Wildman–Crippen LogP) is 2.04. The van der Waals surface area contributed by atoms with Gasteiger partial charge < -0.3 is 10.4 Å². The van der Waals surface area contributed by atoms with E-state index in [2.05, 4.69) is 19.2 Å². The number of amides is 1. The van der Waals surface area contributed by atoms with Gasteiger partial charge in [-0.3, -0.25) is 9.59 Å². The van der Waals surface area contributed by atoms with Crippen LogP contribution >= 0.6 is 0 Å². The molecule has 0 spiro atoms. The zero-order chi connectivity index (χ0) is 12.8. The quantitative estimate of drug-likeness (QED) is 0.774. The minimum atomic E-state index is -0.978. The van der Waals surface area contributed by atoms with Crippen LogP contribution < -0.4 is 5.32 Å². The molecule has 0 heterocycles. The number of rotatable bonds is 5. The van der Waals surface area contributed by atoms with E-state index in [0.717, 1.165) is 25.7 Å². The van der Waals surface area contributed by atoms with E-state index in [4.69, 9.17) is 5.11 Å². The molecule has 1 aliphatic carbocycles. The Morgan fingerprint density at radius 1 is 1.35 bits per heavy atom. The number of nitrogens with one attached hydrogen (secondary N) is 1. The Balaban J connectivity index is 2.55. The van der Waals surface area contributed by atoms with Crippen molar-refractivity contribution < 1.29 is 14.7 Å². The Labute approximate surface area is 103 Å². The minimum Gasteiger partial charge on any atom is -0.480 e. The number of hydrogen-bond donors (Lipinski definition) is 2. The van der Waals surface area contributed by atoms with E-state index in [0.29, 0.717) is 11.8 Å². The van der Waals surface area contributed by atoms with Gasteiger partial charge in [0.15, 0.2) is 0 Å². The summed E-state index contributed by atoms with van der Waals surface area (Å²) in [5, 5.41) is 11.1. The SMILES string of the molecule is CCCC1CCC(C)CC1C(=O)NCC(=O)O. The van der Waals surface area contributed by atoms with Crippen molar-refractivity contribution in [2.45, 2.75) is 46.0 Å². The molecular weight excluding hydrogens is 218 g/mol. The van der Waals surface area contributed by atoms with Gasteiger partial charge in [-0.2, -0.15) is 0 Å². The summed E-state index contributed by atoms with van der Waals surface area (Å²) in [6.45, 7) is 4.03. The van der Waals surface area contributed by atoms with Gasteiger partial charge >= 0.3 is 5.97 Å². The summed E-state index contributed by atoms with van der Waals surface area (Å²) in [7, 11) is 0. The highest BCUT2D eigenvalue weighted by atomic mass is 16.4. The highest BCUT2D eigenvalue weighted by Gasteiger charge is 2.33. The van der Waals surface area contributed by atoms with Crippen molar-refractivity contribution in [2.75, 3.05) is 6.54 Å². The van der Waals surface area contributed by atoms with E-state index >= 15 is 0 Å². The lowest BCUT2D eigenvalue weighted by Gasteiger charge is -2.33. The van der Waals surface area contributed by atoms with E-state index in [1.807, 2.05) is 0 Å². The number of aliphatic carboxylic acids is 1. The van der Waals surface area contributed by atoms with E-state index in [1.165, 1.54) is 6.42 Å². The van der Waals surface area contributed by atoms with Gasteiger partial charge in [-0.1, -0.05) is 26.7 Å². The number of hydrogen-bond acceptors (Lipinski definition) is 2. The van der Waals surface area contributed by atoms with Crippen LogP contribution in [0.1, 0.15) is 46.0 Å². The first-order valence-corrected chi connectivity index (χ1v) is 6.54. The molecule has 4 nitrogen and oxygen atoms in total. The second kappa shape index (κ2) is 6.62. The van der Waals surface area contributed by atoms with Crippen molar-refractivity contribution in [1.29, 1.82) is 0 Å². The van der Waals surface area contributed by atoms with E-state index in [-0.39, 0.29) is 18.4 Å². The van der Waals surface area contributed by atoms with Crippen molar-refractivity contribution in [1.82, 2.24) is 5.32 Å². The third-order valence-electron chi connectivity index (χ3n) is 3.67. The molecule has 1 aliphatic rings. The summed E-state index contributed by atoms with van der Waals surface area (Å²) >= 11 is 0. The lowest BCUT2D eigenvalue weighted by atomic mass is 9.72. The molecule has 3 atom stereocenters. The molecule has 1 rings (SSSR count). The number of carbonyl (C=O) groups excluding carboxylic acids is 1. The maximum absolute atomic E-state index is 12.0. The van der Waals surface area contributed by atoms with Crippen LogP contribution in [0, 0.1) is 17.8 Å². The van der Waals surface area contributed by atoms with Gasteiger partial charge in [0, 0.05) is 5.92 Å². The Bertz CT molecular complexity index is 278. The van der Waals surface area contributed by atoms with Gasteiger partial charge in [0.1, 0.15) is 6.54 Å². The molecule has 2 N–H and O–H groups in total. The summed E-state index contributed by atoms with van der Waals surface area (Å²) < 4.78 is 0. The Hall–Kier alpha value is -1.06. The van der Waals surface area contributed by atoms with Gasteiger partial charge in [0.25, 0.3) is 0 Å². The average molecular weight is 241 g/mol. The van der Waals surface area contributed by atoms with Gasteiger partial charge in [-0.25, -0.2) is 0 Å². The molecule has 0 aromatic carbocycles.